The van der Waals surface area contributed by atoms with Crippen molar-refractivity contribution in [3.05, 3.63) is 83.2 Å². The number of anilines is 1. The Hall–Kier alpha value is -4.20. The van der Waals surface area contributed by atoms with Crippen LogP contribution in [0.15, 0.2) is 60.8 Å². The summed E-state index contributed by atoms with van der Waals surface area (Å²) in [6.45, 7) is 5.41. The van der Waals surface area contributed by atoms with E-state index >= 15 is 0 Å². The molecule has 1 N–H and O–H groups in total. The zero-order valence-corrected chi connectivity index (χ0v) is 19.9. The second-order valence-electron chi connectivity index (χ2n) is 8.43. The van der Waals surface area contributed by atoms with Crippen LogP contribution in [0, 0.1) is 13.8 Å². The van der Waals surface area contributed by atoms with Crippen LogP contribution in [0.5, 0.6) is 11.5 Å². The number of nitrogens with one attached hydrogen (secondary N) is 1. The van der Waals surface area contributed by atoms with Crippen LogP contribution < -0.4 is 19.7 Å². The van der Waals surface area contributed by atoms with E-state index in [0.717, 1.165) is 11.1 Å². The number of hydrogen-bond acceptors (Lipinski definition) is 6. The van der Waals surface area contributed by atoms with Gasteiger partial charge in [-0.2, -0.15) is 0 Å². The standard InChI is InChI=1S/C27H27N3O5/c1-17-7-8-18(2)25(12-17)34-15-23(31)20-9-10-24-22(13-20)30(26(32)16-35-24)19(3)27(33)29-14-21-6-4-5-11-28-21/h4-13,19H,14-16H2,1-3H3,(H,29,33)/t19-/m1/s1. The van der Waals surface area contributed by atoms with Gasteiger partial charge in [-0.3, -0.25) is 24.3 Å². The highest BCUT2D eigenvalue weighted by Crippen LogP contribution is 2.34. The van der Waals surface area contributed by atoms with E-state index in [-0.39, 0.29) is 37.4 Å². The van der Waals surface area contributed by atoms with Crippen molar-refractivity contribution in [3.8, 4) is 11.5 Å². The van der Waals surface area contributed by atoms with E-state index in [1.54, 1.807) is 43.5 Å². The van der Waals surface area contributed by atoms with Crippen molar-refractivity contribution in [1.29, 1.82) is 0 Å². The number of ether oxygens (including phenoxy) is 2. The Morgan fingerprint density at radius 2 is 1.97 bits per heavy atom. The number of fused-ring (bicyclic) bond motifs is 1. The minimum absolute atomic E-state index is 0.155. The number of aromatic nitrogens is 1. The van der Waals surface area contributed by atoms with Crippen LogP contribution in [-0.2, 0) is 16.1 Å². The molecule has 0 unspecified atom stereocenters. The fraction of sp³-hybridized carbons (Fsp3) is 0.259. The van der Waals surface area contributed by atoms with Crippen LogP contribution in [0.3, 0.4) is 0 Å². The molecule has 4 rings (SSSR count). The summed E-state index contributed by atoms with van der Waals surface area (Å²) in [6, 6.07) is 15.3. The normalized spacial score (nSPS) is 13.5. The summed E-state index contributed by atoms with van der Waals surface area (Å²) in [5.74, 6) is 0.121. The fourth-order valence-corrected chi connectivity index (χ4v) is 3.80. The number of rotatable bonds is 8. The van der Waals surface area contributed by atoms with Crippen LogP contribution in [0.1, 0.15) is 34.1 Å². The van der Waals surface area contributed by atoms with Crippen molar-refractivity contribution in [3.63, 3.8) is 0 Å². The second kappa shape index (κ2) is 10.4. The largest absolute Gasteiger partial charge is 0.485 e. The quantitative estimate of drug-likeness (QED) is 0.504. The summed E-state index contributed by atoms with van der Waals surface area (Å²) in [7, 11) is 0. The molecule has 0 radical (unpaired) electrons. The molecule has 1 atom stereocenters. The Morgan fingerprint density at radius 3 is 2.74 bits per heavy atom. The molecular formula is C27H27N3O5. The number of aryl methyl sites for hydroxylation is 2. The van der Waals surface area contributed by atoms with Gasteiger partial charge in [-0.1, -0.05) is 18.2 Å². The zero-order chi connectivity index (χ0) is 24.9. The summed E-state index contributed by atoms with van der Waals surface area (Å²) in [6.07, 6.45) is 1.65. The first-order valence-electron chi connectivity index (χ1n) is 11.3. The first-order chi connectivity index (χ1) is 16.8. The van der Waals surface area contributed by atoms with Crippen LogP contribution in [0.4, 0.5) is 5.69 Å². The number of benzene rings is 2. The van der Waals surface area contributed by atoms with Crippen LogP contribution in [-0.4, -0.2) is 41.8 Å². The number of amides is 2. The van der Waals surface area contributed by atoms with E-state index < -0.39 is 6.04 Å². The third kappa shape index (κ3) is 5.48. The average molecular weight is 474 g/mol. The molecule has 0 fully saturated rings. The molecule has 180 valence electrons. The molecule has 2 aromatic carbocycles. The van der Waals surface area contributed by atoms with Gasteiger partial charge in [0.1, 0.15) is 17.5 Å². The highest BCUT2D eigenvalue weighted by Gasteiger charge is 2.33. The maximum atomic E-state index is 12.9. The van der Waals surface area contributed by atoms with E-state index in [0.29, 0.717) is 28.4 Å². The van der Waals surface area contributed by atoms with Crippen molar-refractivity contribution in [2.24, 2.45) is 0 Å². The molecule has 0 spiro atoms. The van der Waals surface area contributed by atoms with E-state index in [2.05, 4.69) is 10.3 Å². The van der Waals surface area contributed by atoms with E-state index in [1.165, 1.54) is 4.90 Å². The molecule has 0 saturated heterocycles. The van der Waals surface area contributed by atoms with Gasteiger partial charge < -0.3 is 14.8 Å². The number of carbonyl (C=O) groups excluding carboxylic acids is 3. The Balaban J connectivity index is 1.50. The molecule has 1 aromatic heterocycles. The number of pyridine rings is 1. The highest BCUT2D eigenvalue weighted by atomic mass is 16.5. The highest BCUT2D eigenvalue weighted by molar-refractivity contribution is 6.05. The number of Topliss-reactive ketones (excluding diaryl/α,β-unsaturated/α-hetero) is 1. The summed E-state index contributed by atoms with van der Waals surface area (Å²) in [5.41, 5.74) is 3.41. The number of hydrogen-bond donors (Lipinski definition) is 1. The molecule has 0 aliphatic carbocycles. The third-order valence-electron chi connectivity index (χ3n) is 5.80. The maximum absolute atomic E-state index is 12.9. The molecular weight excluding hydrogens is 446 g/mol. The smallest absolute Gasteiger partial charge is 0.265 e. The topological polar surface area (TPSA) is 97.8 Å². The SMILES string of the molecule is Cc1ccc(C)c(OCC(=O)c2ccc3c(c2)N([C@H](C)C(=O)NCc2ccccn2)C(=O)CO3)c1. The van der Waals surface area contributed by atoms with E-state index in [9.17, 15) is 14.4 Å². The molecule has 3 aromatic rings. The lowest BCUT2D eigenvalue weighted by Gasteiger charge is -2.33. The average Bonchev–Trinajstić information content (AvgIpc) is 2.87. The number of carbonyl (C=O) groups is 3. The van der Waals surface area contributed by atoms with Gasteiger partial charge in [0.25, 0.3) is 5.91 Å². The van der Waals surface area contributed by atoms with Crippen molar-refractivity contribution < 1.29 is 23.9 Å². The number of ketones is 1. The summed E-state index contributed by atoms with van der Waals surface area (Å²) in [5, 5.41) is 2.81. The van der Waals surface area contributed by atoms with Crippen molar-refractivity contribution in [2.75, 3.05) is 18.1 Å². The van der Waals surface area contributed by atoms with Crippen LogP contribution in [0.25, 0.3) is 0 Å². The molecule has 1 aliphatic rings. The van der Waals surface area contributed by atoms with Crippen molar-refractivity contribution in [1.82, 2.24) is 10.3 Å². The second-order valence-corrected chi connectivity index (χ2v) is 8.43. The number of nitrogens with zero attached hydrogens (tertiary/aromatic N) is 2. The maximum Gasteiger partial charge on any atom is 0.265 e. The van der Waals surface area contributed by atoms with Gasteiger partial charge in [0.2, 0.25) is 5.91 Å². The molecule has 0 saturated carbocycles. The molecule has 2 amide bonds. The predicted octanol–water partition coefficient (Wildman–Crippen LogP) is 3.39. The molecule has 1 aliphatic heterocycles. The van der Waals surface area contributed by atoms with Gasteiger partial charge in [-0.25, -0.2) is 0 Å². The first kappa shape index (κ1) is 23.9. The minimum Gasteiger partial charge on any atom is -0.485 e. The van der Waals surface area contributed by atoms with E-state index in [1.807, 2.05) is 38.1 Å². The minimum atomic E-state index is -0.814. The van der Waals surface area contributed by atoms with Gasteiger partial charge in [0, 0.05) is 11.8 Å². The summed E-state index contributed by atoms with van der Waals surface area (Å²) >= 11 is 0. The molecule has 8 heteroatoms. The van der Waals surface area contributed by atoms with Gasteiger partial charge in [-0.05, 0) is 68.3 Å². The molecule has 0 bridgehead atoms. The summed E-state index contributed by atoms with van der Waals surface area (Å²) < 4.78 is 11.3. The van der Waals surface area contributed by atoms with Crippen molar-refractivity contribution >= 4 is 23.3 Å². The first-order valence-corrected chi connectivity index (χ1v) is 11.3. The molecule has 35 heavy (non-hydrogen) atoms. The Labute approximate surface area is 203 Å². The lowest BCUT2D eigenvalue weighted by molar-refractivity contribution is -0.127. The lowest BCUT2D eigenvalue weighted by atomic mass is 10.1. The zero-order valence-electron chi connectivity index (χ0n) is 19.9. The van der Waals surface area contributed by atoms with E-state index in [4.69, 9.17) is 9.47 Å². The van der Waals surface area contributed by atoms with Crippen molar-refractivity contribution in [2.45, 2.75) is 33.4 Å². The van der Waals surface area contributed by atoms with Gasteiger partial charge >= 0.3 is 0 Å². The Kier molecular flexibility index (Phi) is 7.10. The Bertz CT molecular complexity index is 1260. The Morgan fingerprint density at radius 1 is 1.14 bits per heavy atom. The van der Waals surface area contributed by atoms with Gasteiger partial charge in [0.05, 0.1) is 17.9 Å². The lowest BCUT2D eigenvalue weighted by Crippen LogP contribution is -2.51. The van der Waals surface area contributed by atoms with Crippen LogP contribution in [0.2, 0.25) is 0 Å². The predicted molar refractivity (Wildman–Crippen MR) is 131 cm³/mol. The van der Waals surface area contributed by atoms with Gasteiger partial charge in [-0.15, -0.1) is 0 Å². The fourth-order valence-electron chi connectivity index (χ4n) is 3.80. The molecule has 2 heterocycles. The van der Waals surface area contributed by atoms with Crippen LogP contribution >= 0.6 is 0 Å². The van der Waals surface area contributed by atoms with Gasteiger partial charge in [0.15, 0.2) is 19.0 Å². The monoisotopic (exact) mass is 473 g/mol. The summed E-state index contributed by atoms with van der Waals surface area (Å²) in [4.78, 5) is 44.0. The molecule has 8 nitrogen and oxygen atoms in total. The third-order valence-corrected chi connectivity index (χ3v) is 5.80.